The molecule has 0 saturated carbocycles. The molecule has 0 radical (unpaired) electrons. The largest absolute Gasteiger partial charge is 0.411 e. The predicted molar refractivity (Wildman–Crippen MR) is 118 cm³/mol. The number of carbonyl (C=O) groups excluding carboxylic acids is 1. The van der Waals surface area contributed by atoms with Crippen LogP contribution in [0.1, 0.15) is 39.4 Å². The predicted octanol–water partition coefficient (Wildman–Crippen LogP) is 3.94. The van der Waals surface area contributed by atoms with Crippen LogP contribution in [-0.4, -0.2) is 28.4 Å². The minimum absolute atomic E-state index is 0.0710. The van der Waals surface area contributed by atoms with Crippen molar-refractivity contribution in [3.05, 3.63) is 104 Å². The van der Waals surface area contributed by atoms with Crippen molar-refractivity contribution in [2.45, 2.75) is 12.3 Å². The molecule has 6 nitrogen and oxygen atoms in total. The lowest BCUT2D eigenvalue weighted by atomic mass is 9.85. The van der Waals surface area contributed by atoms with Crippen LogP contribution in [0, 0.1) is 5.82 Å². The van der Waals surface area contributed by atoms with Gasteiger partial charge in [0.25, 0.3) is 5.91 Å². The number of nitrogens with zero attached hydrogens (tertiary/aromatic N) is 2. The summed E-state index contributed by atoms with van der Waals surface area (Å²) in [6.07, 6.45) is 1.74. The molecule has 1 atom stereocenters. The molecule has 0 aliphatic rings. The van der Waals surface area contributed by atoms with Gasteiger partial charge in [-0.25, -0.2) is 4.39 Å². The molecule has 8 heteroatoms. The van der Waals surface area contributed by atoms with Gasteiger partial charge in [-0.2, -0.15) is 0 Å². The van der Waals surface area contributed by atoms with Crippen molar-refractivity contribution in [3.63, 3.8) is 0 Å². The van der Waals surface area contributed by atoms with Gasteiger partial charge in [0.15, 0.2) is 0 Å². The Labute approximate surface area is 183 Å². The highest BCUT2D eigenvalue weighted by molar-refractivity contribution is 6.31. The molecule has 2 aromatic carbocycles. The van der Waals surface area contributed by atoms with Crippen LogP contribution < -0.4 is 10.9 Å². The third kappa shape index (κ3) is 4.83. The molecule has 0 aliphatic carbocycles. The number of benzene rings is 2. The quantitative estimate of drug-likeness (QED) is 0.345. The molecule has 0 fully saturated rings. The minimum atomic E-state index is -0.668. The van der Waals surface area contributed by atoms with Crippen LogP contribution in [0.25, 0.3) is 0 Å². The van der Waals surface area contributed by atoms with Crippen LogP contribution in [-0.2, 0) is 7.05 Å². The second-order valence-corrected chi connectivity index (χ2v) is 7.42. The Bertz CT molecular complexity index is 1210. The Hall–Kier alpha value is -3.45. The molecule has 160 valence electrons. The van der Waals surface area contributed by atoms with Crippen molar-refractivity contribution in [3.8, 4) is 0 Å². The lowest BCUT2D eigenvalue weighted by Crippen LogP contribution is -2.20. The zero-order valence-electron chi connectivity index (χ0n) is 17.0. The fourth-order valence-corrected chi connectivity index (χ4v) is 3.67. The zero-order chi connectivity index (χ0) is 22.5. The fourth-order valence-electron chi connectivity index (χ4n) is 3.41. The summed E-state index contributed by atoms with van der Waals surface area (Å²) in [6, 6.07) is 14.4. The highest BCUT2D eigenvalue weighted by Crippen LogP contribution is 2.34. The molecule has 0 spiro atoms. The smallest absolute Gasteiger partial charge is 0.253 e. The summed E-state index contributed by atoms with van der Waals surface area (Å²) >= 11 is 6.43. The summed E-state index contributed by atoms with van der Waals surface area (Å²) < 4.78 is 16.1. The van der Waals surface area contributed by atoms with Gasteiger partial charge in [-0.3, -0.25) is 9.59 Å². The molecule has 0 saturated heterocycles. The number of rotatable bonds is 6. The molecule has 1 heterocycles. The second kappa shape index (κ2) is 9.57. The van der Waals surface area contributed by atoms with Crippen molar-refractivity contribution < 1.29 is 14.4 Å². The number of halogens is 2. The highest BCUT2D eigenvalue weighted by Gasteiger charge is 2.23. The summed E-state index contributed by atoms with van der Waals surface area (Å²) in [7, 11) is 3.03. The molecule has 1 amide bonds. The molecule has 3 rings (SSSR count). The van der Waals surface area contributed by atoms with Crippen molar-refractivity contribution in [1.29, 1.82) is 0 Å². The molecular weight excluding hydrogens is 421 g/mol. The average molecular weight is 442 g/mol. The topological polar surface area (TPSA) is 83.7 Å². The SMILES string of the molecule is CNC(=O)c1ccc(C(C/C(=N\O)c2ccc(=O)n(C)c2)c2ccccc2Cl)cc1F. The lowest BCUT2D eigenvalue weighted by Gasteiger charge is -2.21. The van der Waals surface area contributed by atoms with E-state index in [1.54, 1.807) is 37.5 Å². The fraction of sp³-hybridized carbons (Fsp3) is 0.174. The van der Waals surface area contributed by atoms with Gasteiger partial charge in [0, 0.05) is 49.3 Å². The van der Waals surface area contributed by atoms with E-state index in [-0.39, 0.29) is 17.5 Å². The average Bonchev–Trinajstić information content (AvgIpc) is 2.77. The van der Waals surface area contributed by atoms with Crippen LogP contribution in [0.4, 0.5) is 4.39 Å². The van der Waals surface area contributed by atoms with Gasteiger partial charge in [-0.1, -0.05) is 41.0 Å². The third-order valence-electron chi connectivity index (χ3n) is 5.09. The summed E-state index contributed by atoms with van der Waals surface area (Å²) in [4.78, 5) is 23.6. The Morgan fingerprint density at radius 3 is 2.58 bits per heavy atom. The van der Waals surface area contributed by atoms with E-state index in [4.69, 9.17) is 11.6 Å². The number of hydrogen-bond donors (Lipinski definition) is 2. The zero-order valence-corrected chi connectivity index (χ0v) is 17.7. The van der Waals surface area contributed by atoms with E-state index in [0.717, 1.165) is 0 Å². The van der Waals surface area contributed by atoms with Crippen molar-refractivity contribution >= 4 is 23.2 Å². The standard InChI is InChI=1S/C23H21ClFN3O3/c1-26-23(30)17-9-7-14(11-20(17)25)18(16-5-3-4-6-19(16)24)12-21(27-31)15-8-10-22(29)28(2)13-15/h3-11,13,18,31H,12H2,1-2H3,(H,26,30)/b27-21+. The van der Waals surface area contributed by atoms with E-state index in [0.29, 0.717) is 27.4 Å². The van der Waals surface area contributed by atoms with Gasteiger partial charge >= 0.3 is 0 Å². The van der Waals surface area contributed by atoms with E-state index in [2.05, 4.69) is 10.5 Å². The molecular formula is C23H21ClFN3O3. The molecule has 1 aromatic heterocycles. The Kier molecular flexibility index (Phi) is 6.87. The van der Waals surface area contributed by atoms with Crippen LogP contribution in [0.2, 0.25) is 5.02 Å². The lowest BCUT2D eigenvalue weighted by molar-refractivity contribution is 0.0959. The molecule has 1 unspecified atom stereocenters. The summed E-state index contributed by atoms with van der Waals surface area (Å²) in [5.74, 6) is -1.66. The minimum Gasteiger partial charge on any atom is -0.411 e. The maximum atomic E-state index is 14.7. The summed E-state index contributed by atoms with van der Waals surface area (Å²) in [6.45, 7) is 0. The van der Waals surface area contributed by atoms with Crippen LogP contribution in [0.3, 0.4) is 0 Å². The first kappa shape index (κ1) is 22.2. The highest BCUT2D eigenvalue weighted by atomic mass is 35.5. The maximum Gasteiger partial charge on any atom is 0.253 e. The molecule has 3 aromatic rings. The first-order valence-electron chi connectivity index (χ1n) is 9.49. The maximum absolute atomic E-state index is 14.7. The van der Waals surface area contributed by atoms with E-state index in [9.17, 15) is 19.2 Å². The number of aromatic nitrogens is 1. The second-order valence-electron chi connectivity index (χ2n) is 7.01. The van der Waals surface area contributed by atoms with Crippen molar-refractivity contribution in [1.82, 2.24) is 9.88 Å². The molecule has 2 N–H and O–H groups in total. The number of nitrogens with one attached hydrogen (secondary N) is 1. The Balaban J connectivity index is 2.08. The first-order valence-corrected chi connectivity index (χ1v) is 9.87. The normalized spacial score (nSPS) is 12.5. The summed E-state index contributed by atoms with van der Waals surface area (Å²) in [5, 5.41) is 16.0. The number of hydrogen-bond acceptors (Lipinski definition) is 4. The van der Waals surface area contributed by atoms with Gasteiger partial charge in [-0.05, 0) is 35.4 Å². The van der Waals surface area contributed by atoms with E-state index < -0.39 is 17.6 Å². The van der Waals surface area contributed by atoms with Crippen LogP contribution >= 0.6 is 11.6 Å². The summed E-state index contributed by atoms with van der Waals surface area (Å²) in [5.41, 5.74) is 1.85. The van der Waals surface area contributed by atoms with Crippen molar-refractivity contribution in [2.75, 3.05) is 7.05 Å². The van der Waals surface area contributed by atoms with Gasteiger partial charge in [0.05, 0.1) is 11.3 Å². The molecule has 0 aliphatic heterocycles. The number of amides is 1. The van der Waals surface area contributed by atoms with Crippen LogP contribution in [0.5, 0.6) is 0 Å². The van der Waals surface area contributed by atoms with Gasteiger partial charge < -0.3 is 15.1 Å². The van der Waals surface area contributed by atoms with E-state index >= 15 is 0 Å². The van der Waals surface area contributed by atoms with Crippen molar-refractivity contribution in [2.24, 2.45) is 12.2 Å². The number of aryl methyl sites for hydroxylation is 1. The third-order valence-corrected chi connectivity index (χ3v) is 5.43. The van der Waals surface area contributed by atoms with Gasteiger partial charge in [0.2, 0.25) is 5.56 Å². The number of carbonyl (C=O) groups is 1. The van der Waals surface area contributed by atoms with Crippen LogP contribution in [0.15, 0.2) is 70.7 Å². The van der Waals surface area contributed by atoms with Gasteiger partial charge in [0.1, 0.15) is 5.82 Å². The van der Waals surface area contributed by atoms with E-state index in [1.165, 1.54) is 29.8 Å². The Morgan fingerprint density at radius 2 is 1.97 bits per heavy atom. The first-order chi connectivity index (χ1) is 14.8. The monoisotopic (exact) mass is 441 g/mol. The van der Waals surface area contributed by atoms with E-state index in [1.807, 2.05) is 12.1 Å². The Morgan fingerprint density at radius 1 is 1.23 bits per heavy atom. The van der Waals surface area contributed by atoms with Gasteiger partial charge in [-0.15, -0.1) is 0 Å². The molecule has 31 heavy (non-hydrogen) atoms. The number of oxime groups is 1. The number of pyridine rings is 1. The molecule has 0 bridgehead atoms.